The first-order valence-electron chi connectivity index (χ1n) is 5.97. The fourth-order valence-corrected chi connectivity index (χ4v) is 2.67. The summed E-state index contributed by atoms with van der Waals surface area (Å²) >= 11 is 7.19. The maximum Gasteiger partial charge on any atom is 0.225 e. The monoisotopic (exact) mass is 291 g/mol. The van der Waals surface area contributed by atoms with Crippen molar-refractivity contribution in [2.75, 3.05) is 11.2 Å². The first-order chi connectivity index (χ1) is 9.29. The molecule has 0 bridgehead atoms. The van der Waals surface area contributed by atoms with Crippen molar-refractivity contribution in [2.45, 2.75) is 16.2 Å². The molecule has 0 fully saturated rings. The summed E-state index contributed by atoms with van der Waals surface area (Å²) in [5.74, 6) is 0.274. The minimum Gasteiger partial charge on any atom is -0.325 e. The summed E-state index contributed by atoms with van der Waals surface area (Å²) in [4.78, 5) is 13.8. The largest absolute Gasteiger partial charge is 0.325 e. The molecule has 2 rings (SSSR count). The topological polar surface area (TPSA) is 29.1 Å². The fourth-order valence-electron chi connectivity index (χ4n) is 1.57. The highest BCUT2D eigenvalue weighted by Gasteiger charge is 2.07. The van der Waals surface area contributed by atoms with Gasteiger partial charge in [-0.3, -0.25) is 4.79 Å². The van der Waals surface area contributed by atoms with E-state index in [0.717, 1.165) is 15.5 Å². The molecule has 0 unspecified atom stereocenters. The van der Waals surface area contributed by atoms with E-state index in [9.17, 15) is 4.79 Å². The lowest BCUT2D eigenvalue weighted by Crippen LogP contribution is -2.12. The van der Waals surface area contributed by atoms with Gasteiger partial charge in [-0.25, -0.2) is 0 Å². The van der Waals surface area contributed by atoms with Gasteiger partial charge >= 0.3 is 0 Å². The molecule has 0 aliphatic carbocycles. The van der Waals surface area contributed by atoms with E-state index in [0.29, 0.717) is 12.3 Å². The highest BCUT2D eigenvalue weighted by Crippen LogP contribution is 2.33. The third-order valence-electron chi connectivity index (χ3n) is 2.45. The maximum atomic E-state index is 11.6. The molecule has 4 heteroatoms. The molecule has 0 heterocycles. The SMILES string of the molecule is O=C(CCCl)Nc1ccccc1Sc1ccccc1. The molecule has 0 saturated heterocycles. The third kappa shape index (κ3) is 4.30. The molecule has 0 saturated carbocycles. The van der Waals surface area contributed by atoms with Crippen LogP contribution in [0.25, 0.3) is 0 Å². The van der Waals surface area contributed by atoms with E-state index in [-0.39, 0.29) is 5.91 Å². The predicted octanol–water partition coefficient (Wildman–Crippen LogP) is 4.41. The Kier molecular flexibility index (Phi) is 5.31. The normalized spacial score (nSPS) is 10.2. The van der Waals surface area contributed by atoms with E-state index in [4.69, 9.17) is 11.6 Å². The van der Waals surface area contributed by atoms with E-state index in [1.807, 2.05) is 54.6 Å². The van der Waals surface area contributed by atoms with Gasteiger partial charge in [-0.1, -0.05) is 42.1 Å². The average Bonchev–Trinajstić information content (AvgIpc) is 2.42. The van der Waals surface area contributed by atoms with Crippen molar-refractivity contribution in [3.63, 3.8) is 0 Å². The molecule has 1 N–H and O–H groups in total. The summed E-state index contributed by atoms with van der Waals surface area (Å²) in [6.07, 6.45) is 0.325. The number of alkyl halides is 1. The first-order valence-corrected chi connectivity index (χ1v) is 7.32. The van der Waals surface area contributed by atoms with Gasteiger partial charge in [-0.05, 0) is 24.3 Å². The Morgan fingerprint density at radius 1 is 1.05 bits per heavy atom. The van der Waals surface area contributed by atoms with Crippen molar-refractivity contribution < 1.29 is 4.79 Å². The third-order valence-corrected chi connectivity index (χ3v) is 3.73. The zero-order valence-corrected chi connectivity index (χ0v) is 11.9. The van der Waals surface area contributed by atoms with Gasteiger partial charge in [0.2, 0.25) is 5.91 Å². The molecule has 19 heavy (non-hydrogen) atoms. The summed E-state index contributed by atoms with van der Waals surface area (Å²) in [6.45, 7) is 0. The Hall–Kier alpha value is -1.45. The van der Waals surface area contributed by atoms with Crippen LogP contribution < -0.4 is 5.32 Å². The Morgan fingerprint density at radius 3 is 2.47 bits per heavy atom. The molecular formula is C15H14ClNOS. The number of amides is 1. The van der Waals surface area contributed by atoms with Crippen LogP contribution in [0, 0.1) is 0 Å². The van der Waals surface area contributed by atoms with Gasteiger partial charge in [-0.15, -0.1) is 11.6 Å². The van der Waals surface area contributed by atoms with Crippen molar-refractivity contribution in [2.24, 2.45) is 0 Å². The second kappa shape index (κ2) is 7.22. The number of para-hydroxylation sites is 1. The van der Waals surface area contributed by atoms with Crippen LogP contribution in [-0.4, -0.2) is 11.8 Å². The second-order valence-corrected chi connectivity index (χ2v) is 5.39. The lowest BCUT2D eigenvalue weighted by Gasteiger charge is -2.10. The van der Waals surface area contributed by atoms with Crippen LogP contribution in [0.4, 0.5) is 5.69 Å². The molecule has 98 valence electrons. The van der Waals surface area contributed by atoms with Crippen LogP contribution in [0.5, 0.6) is 0 Å². The van der Waals surface area contributed by atoms with Crippen LogP contribution in [0.1, 0.15) is 6.42 Å². The average molecular weight is 292 g/mol. The minimum atomic E-state index is -0.0592. The molecule has 0 aliphatic rings. The second-order valence-electron chi connectivity index (χ2n) is 3.90. The number of anilines is 1. The van der Waals surface area contributed by atoms with Gasteiger partial charge in [0.1, 0.15) is 0 Å². The number of carbonyl (C=O) groups excluding carboxylic acids is 1. The first kappa shape index (κ1) is 14.0. The fraction of sp³-hybridized carbons (Fsp3) is 0.133. The Balaban J connectivity index is 2.14. The van der Waals surface area contributed by atoms with E-state index in [2.05, 4.69) is 5.32 Å². The Bertz CT molecular complexity index is 545. The van der Waals surface area contributed by atoms with Crippen LogP contribution >= 0.6 is 23.4 Å². The molecule has 0 aromatic heterocycles. The standard InChI is InChI=1S/C15H14ClNOS/c16-11-10-15(18)17-13-8-4-5-9-14(13)19-12-6-2-1-3-7-12/h1-9H,10-11H2,(H,17,18). The quantitative estimate of drug-likeness (QED) is 0.827. The zero-order chi connectivity index (χ0) is 13.5. The van der Waals surface area contributed by atoms with Gasteiger partial charge in [0.05, 0.1) is 5.69 Å². The zero-order valence-electron chi connectivity index (χ0n) is 10.3. The van der Waals surface area contributed by atoms with Crippen molar-refractivity contribution in [3.8, 4) is 0 Å². The van der Waals surface area contributed by atoms with Crippen molar-refractivity contribution in [3.05, 3.63) is 54.6 Å². The maximum absolute atomic E-state index is 11.6. The number of hydrogen-bond donors (Lipinski definition) is 1. The van der Waals surface area contributed by atoms with Gasteiger partial charge < -0.3 is 5.32 Å². The number of carbonyl (C=O) groups is 1. The van der Waals surface area contributed by atoms with Gasteiger partial charge in [0, 0.05) is 22.1 Å². The van der Waals surface area contributed by atoms with Crippen molar-refractivity contribution >= 4 is 35.0 Å². The molecule has 1 amide bonds. The van der Waals surface area contributed by atoms with E-state index < -0.39 is 0 Å². The number of halogens is 1. The molecular weight excluding hydrogens is 278 g/mol. The molecule has 2 aromatic carbocycles. The smallest absolute Gasteiger partial charge is 0.225 e. The van der Waals surface area contributed by atoms with Gasteiger partial charge in [0.25, 0.3) is 0 Å². The van der Waals surface area contributed by atoms with E-state index in [1.165, 1.54) is 0 Å². The highest BCUT2D eigenvalue weighted by atomic mass is 35.5. The summed E-state index contributed by atoms with van der Waals surface area (Å²) in [5, 5.41) is 2.89. The summed E-state index contributed by atoms with van der Waals surface area (Å²) in [7, 11) is 0. The van der Waals surface area contributed by atoms with Crippen molar-refractivity contribution in [1.29, 1.82) is 0 Å². The molecule has 2 nitrogen and oxygen atoms in total. The lowest BCUT2D eigenvalue weighted by atomic mass is 10.3. The van der Waals surface area contributed by atoms with Gasteiger partial charge in [-0.2, -0.15) is 0 Å². The summed E-state index contributed by atoms with van der Waals surface area (Å²) < 4.78 is 0. The van der Waals surface area contributed by atoms with Crippen LogP contribution in [0.2, 0.25) is 0 Å². The van der Waals surface area contributed by atoms with E-state index >= 15 is 0 Å². The van der Waals surface area contributed by atoms with E-state index in [1.54, 1.807) is 11.8 Å². The highest BCUT2D eigenvalue weighted by molar-refractivity contribution is 7.99. The van der Waals surface area contributed by atoms with Crippen molar-refractivity contribution in [1.82, 2.24) is 0 Å². The van der Waals surface area contributed by atoms with Crippen LogP contribution in [-0.2, 0) is 4.79 Å². The van der Waals surface area contributed by atoms with Crippen LogP contribution in [0.3, 0.4) is 0 Å². The summed E-state index contributed by atoms with van der Waals surface area (Å²) in [6, 6.07) is 17.8. The molecule has 0 spiro atoms. The number of rotatable bonds is 5. The Morgan fingerprint density at radius 2 is 1.74 bits per heavy atom. The molecule has 0 atom stereocenters. The van der Waals surface area contributed by atoms with Crippen LogP contribution in [0.15, 0.2) is 64.4 Å². The number of benzene rings is 2. The lowest BCUT2D eigenvalue weighted by molar-refractivity contribution is -0.115. The minimum absolute atomic E-state index is 0.0592. The van der Waals surface area contributed by atoms with Gasteiger partial charge in [0.15, 0.2) is 0 Å². The molecule has 0 aliphatic heterocycles. The molecule has 2 aromatic rings. The summed E-state index contributed by atoms with van der Waals surface area (Å²) in [5.41, 5.74) is 0.825. The predicted molar refractivity (Wildman–Crippen MR) is 81.0 cm³/mol. The Labute approximate surface area is 122 Å². The molecule has 0 radical (unpaired) electrons. The number of hydrogen-bond acceptors (Lipinski definition) is 2. The number of nitrogens with one attached hydrogen (secondary N) is 1.